The van der Waals surface area contributed by atoms with E-state index in [2.05, 4.69) is 5.10 Å². The Hall–Kier alpha value is -1.08. The number of likely N-dealkylation sites (N-methyl/N-ethyl adjacent to an activating group) is 1. The summed E-state index contributed by atoms with van der Waals surface area (Å²) in [6.07, 6.45) is -3.18. The Morgan fingerprint density at radius 3 is 2.59 bits per heavy atom. The molecule has 0 aromatic carbocycles. The summed E-state index contributed by atoms with van der Waals surface area (Å²) in [5.74, 6) is 0. The number of hydrogen-bond acceptors (Lipinski definition) is 3. The van der Waals surface area contributed by atoms with Gasteiger partial charge in [-0.2, -0.15) is 18.3 Å². The Kier molecular flexibility index (Phi) is 4.53. The average Bonchev–Trinajstić information content (AvgIpc) is 2.58. The van der Waals surface area contributed by atoms with Crippen LogP contribution in [0.3, 0.4) is 0 Å². The van der Waals surface area contributed by atoms with Gasteiger partial charge in [0.1, 0.15) is 5.69 Å². The third kappa shape index (κ3) is 3.44. The van der Waals surface area contributed by atoms with Crippen LogP contribution in [0, 0.1) is 0 Å². The van der Waals surface area contributed by atoms with Crippen molar-refractivity contribution in [3.63, 3.8) is 0 Å². The first-order valence-electron chi connectivity index (χ1n) is 5.31. The number of halogens is 3. The van der Waals surface area contributed by atoms with Crippen LogP contribution in [0.2, 0.25) is 0 Å². The third-order valence-electron chi connectivity index (χ3n) is 2.54. The molecule has 0 aliphatic heterocycles. The standard InChI is InChI=1S/C10H16F3N3O/c1-3-16(4-5-17)7-8-6-14-15(2)9(8)10(11,12)13/h6,17H,3-5,7H2,1-2H3. The van der Waals surface area contributed by atoms with Gasteiger partial charge in [0.05, 0.1) is 12.8 Å². The molecule has 0 unspecified atom stereocenters. The first-order valence-corrected chi connectivity index (χ1v) is 5.31. The van der Waals surface area contributed by atoms with Gasteiger partial charge in [-0.05, 0) is 6.54 Å². The summed E-state index contributed by atoms with van der Waals surface area (Å²) in [6, 6.07) is 0. The zero-order chi connectivity index (χ0) is 13.1. The van der Waals surface area contributed by atoms with E-state index in [1.807, 2.05) is 6.92 Å². The molecule has 0 radical (unpaired) electrons. The van der Waals surface area contributed by atoms with Crippen LogP contribution in [-0.4, -0.2) is 39.5 Å². The van der Waals surface area contributed by atoms with Crippen molar-refractivity contribution in [3.8, 4) is 0 Å². The number of aliphatic hydroxyl groups is 1. The lowest BCUT2D eigenvalue weighted by molar-refractivity contribution is -0.144. The quantitative estimate of drug-likeness (QED) is 0.856. The van der Waals surface area contributed by atoms with E-state index < -0.39 is 11.9 Å². The lowest BCUT2D eigenvalue weighted by Gasteiger charge is -2.19. The summed E-state index contributed by atoms with van der Waals surface area (Å²) < 4.78 is 39.1. The molecule has 1 rings (SSSR count). The highest BCUT2D eigenvalue weighted by molar-refractivity contribution is 5.20. The van der Waals surface area contributed by atoms with Gasteiger partial charge in [0.15, 0.2) is 0 Å². The van der Waals surface area contributed by atoms with E-state index in [1.165, 1.54) is 13.2 Å². The van der Waals surface area contributed by atoms with Crippen LogP contribution in [0.15, 0.2) is 6.20 Å². The SMILES string of the molecule is CCN(CCO)Cc1cnn(C)c1C(F)(F)F. The van der Waals surface area contributed by atoms with Crippen molar-refractivity contribution in [2.75, 3.05) is 19.7 Å². The monoisotopic (exact) mass is 251 g/mol. The second-order valence-electron chi connectivity index (χ2n) is 3.73. The highest BCUT2D eigenvalue weighted by Gasteiger charge is 2.37. The normalized spacial score (nSPS) is 12.4. The molecule has 4 nitrogen and oxygen atoms in total. The van der Waals surface area contributed by atoms with E-state index in [0.717, 1.165) is 4.68 Å². The zero-order valence-corrected chi connectivity index (χ0v) is 9.83. The van der Waals surface area contributed by atoms with Crippen molar-refractivity contribution in [2.45, 2.75) is 19.6 Å². The molecular formula is C10H16F3N3O. The number of alkyl halides is 3. The minimum atomic E-state index is -4.40. The predicted octanol–water partition coefficient (Wildman–Crippen LogP) is 1.25. The Bertz CT molecular complexity index is 362. The molecule has 1 aromatic heterocycles. The van der Waals surface area contributed by atoms with Gasteiger partial charge in [-0.3, -0.25) is 9.58 Å². The van der Waals surface area contributed by atoms with Gasteiger partial charge < -0.3 is 5.11 Å². The van der Waals surface area contributed by atoms with Gasteiger partial charge in [-0.1, -0.05) is 6.92 Å². The molecule has 0 amide bonds. The number of aliphatic hydroxyl groups excluding tert-OH is 1. The second-order valence-corrected chi connectivity index (χ2v) is 3.73. The molecule has 0 saturated carbocycles. The maximum atomic E-state index is 12.8. The number of aromatic nitrogens is 2. The van der Waals surface area contributed by atoms with Gasteiger partial charge in [0, 0.05) is 25.7 Å². The fraction of sp³-hybridized carbons (Fsp3) is 0.700. The minimum Gasteiger partial charge on any atom is -0.395 e. The molecule has 98 valence electrons. The van der Waals surface area contributed by atoms with Crippen LogP contribution in [0.25, 0.3) is 0 Å². The summed E-state index contributed by atoms with van der Waals surface area (Å²) in [4.78, 5) is 1.73. The largest absolute Gasteiger partial charge is 0.433 e. The summed E-state index contributed by atoms with van der Waals surface area (Å²) in [5, 5.41) is 12.4. The van der Waals surface area contributed by atoms with E-state index in [-0.39, 0.29) is 18.7 Å². The van der Waals surface area contributed by atoms with Crippen LogP contribution >= 0.6 is 0 Å². The van der Waals surface area contributed by atoms with Crippen LogP contribution in [0.5, 0.6) is 0 Å². The fourth-order valence-electron chi connectivity index (χ4n) is 1.70. The van der Waals surface area contributed by atoms with Gasteiger partial charge >= 0.3 is 6.18 Å². The molecule has 0 saturated heterocycles. The van der Waals surface area contributed by atoms with E-state index >= 15 is 0 Å². The molecule has 0 aliphatic rings. The van der Waals surface area contributed by atoms with Crippen molar-refractivity contribution in [2.24, 2.45) is 7.05 Å². The first kappa shape index (κ1) is 14.0. The summed E-state index contributed by atoms with van der Waals surface area (Å²) in [6.45, 7) is 2.82. The Morgan fingerprint density at radius 2 is 2.12 bits per heavy atom. The second kappa shape index (κ2) is 5.50. The van der Waals surface area contributed by atoms with Gasteiger partial charge in [0.2, 0.25) is 0 Å². The number of hydrogen-bond donors (Lipinski definition) is 1. The lowest BCUT2D eigenvalue weighted by atomic mass is 10.2. The lowest BCUT2D eigenvalue weighted by Crippen LogP contribution is -2.27. The van der Waals surface area contributed by atoms with Crippen molar-refractivity contribution in [1.29, 1.82) is 0 Å². The van der Waals surface area contributed by atoms with Crippen LogP contribution in [0.4, 0.5) is 13.2 Å². The van der Waals surface area contributed by atoms with Crippen LogP contribution in [0.1, 0.15) is 18.2 Å². The van der Waals surface area contributed by atoms with Gasteiger partial charge in [-0.15, -0.1) is 0 Å². The van der Waals surface area contributed by atoms with Crippen molar-refractivity contribution in [3.05, 3.63) is 17.5 Å². The van der Waals surface area contributed by atoms with E-state index in [4.69, 9.17) is 5.11 Å². The maximum absolute atomic E-state index is 12.8. The number of aryl methyl sites for hydroxylation is 1. The number of nitrogens with zero attached hydrogens (tertiary/aromatic N) is 3. The molecule has 0 bridgehead atoms. The van der Waals surface area contributed by atoms with Crippen molar-refractivity contribution < 1.29 is 18.3 Å². The first-order chi connectivity index (χ1) is 7.90. The molecule has 0 atom stereocenters. The molecular weight excluding hydrogens is 235 g/mol. The summed E-state index contributed by atoms with van der Waals surface area (Å²) in [7, 11) is 1.27. The molecule has 17 heavy (non-hydrogen) atoms. The Balaban J connectivity index is 2.91. The predicted molar refractivity (Wildman–Crippen MR) is 56.2 cm³/mol. The highest BCUT2D eigenvalue weighted by atomic mass is 19.4. The molecule has 1 N–H and O–H groups in total. The maximum Gasteiger partial charge on any atom is 0.433 e. The van der Waals surface area contributed by atoms with E-state index in [0.29, 0.717) is 13.1 Å². The van der Waals surface area contributed by atoms with Crippen molar-refractivity contribution >= 4 is 0 Å². The van der Waals surface area contributed by atoms with E-state index in [9.17, 15) is 13.2 Å². The fourth-order valence-corrected chi connectivity index (χ4v) is 1.70. The van der Waals surface area contributed by atoms with Crippen LogP contribution < -0.4 is 0 Å². The molecule has 1 heterocycles. The van der Waals surface area contributed by atoms with E-state index in [1.54, 1.807) is 4.90 Å². The molecule has 0 aliphatic carbocycles. The molecule has 1 aromatic rings. The molecule has 7 heteroatoms. The summed E-state index contributed by atoms with van der Waals surface area (Å²) in [5.41, 5.74) is -0.593. The highest BCUT2D eigenvalue weighted by Crippen LogP contribution is 2.31. The Labute approximate surface area is 97.6 Å². The Morgan fingerprint density at radius 1 is 1.47 bits per heavy atom. The van der Waals surface area contributed by atoms with Gasteiger partial charge in [-0.25, -0.2) is 0 Å². The third-order valence-corrected chi connectivity index (χ3v) is 2.54. The summed E-state index contributed by atoms with van der Waals surface area (Å²) >= 11 is 0. The van der Waals surface area contributed by atoms with Crippen molar-refractivity contribution in [1.82, 2.24) is 14.7 Å². The topological polar surface area (TPSA) is 41.3 Å². The minimum absolute atomic E-state index is 0.0740. The molecule has 0 spiro atoms. The smallest absolute Gasteiger partial charge is 0.395 e. The average molecular weight is 251 g/mol. The van der Waals surface area contributed by atoms with Crippen LogP contribution in [-0.2, 0) is 19.8 Å². The molecule has 0 fully saturated rings. The number of rotatable bonds is 5. The zero-order valence-electron chi connectivity index (χ0n) is 9.83. The van der Waals surface area contributed by atoms with Gasteiger partial charge in [0.25, 0.3) is 0 Å².